The number of para-hydroxylation sites is 1. The summed E-state index contributed by atoms with van der Waals surface area (Å²) >= 11 is 0. The van der Waals surface area contributed by atoms with Gasteiger partial charge in [-0.15, -0.1) is 0 Å². The number of rotatable bonds is 5. The fraction of sp³-hybridized carbons (Fsp3) is 0.222. The van der Waals surface area contributed by atoms with E-state index < -0.39 is 29.7 Å². The number of halogens is 3. The lowest BCUT2D eigenvalue weighted by Gasteiger charge is -2.14. The van der Waals surface area contributed by atoms with Crippen LogP contribution in [0.4, 0.5) is 18.9 Å². The van der Waals surface area contributed by atoms with Crippen molar-refractivity contribution in [3.8, 4) is 0 Å². The number of benzene rings is 2. The van der Waals surface area contributed by atoms with Crippen molar-refractivity contribution in [1.82, 2.24) is 0 Å². The molecule has 0 bridgehead atoms. The third-order valence-corrected chi connectivity index (χ3v) is 3.32. The Kier molecular flexibility index (Phi) is 5.80. The van der Waals surface area contributed by atoms with Crippen molar-refractivity contribution in [2.75, 3.05) is 5.32 Å². The summed E-state index contributed by atoms with van der Waals surface area (Å²) in [5.41, 5.74) is -0.128. The minimum atomic E-state index is -4.48. The molecule has 2 aromatic carbocycles. The zero-order valence-electron chi connectivity index (χ0n) is 13.3. The van der Waals surface area contributed by atoms with E-state index in [1.165, 1.54) is 19.1 Å². The monoisotopic (exact) mass is 351 g/mol. The maximum Gasteiger partial charge on any atom is 0.416 e. The molecule has 0 aliphatic heterocycles. The lowest BCUT2D eigenvalue weighted by Crippen LogP contribution is -2.30. The van der Waals surface area contributed by atoms with Gasteiger partial charge in [0.05, 0.1) is 12.0 Å². The predicted octanol–water partition coefficient (Wildman–Crippen LogP) is 3.82. The molecule has 1 unspecified atom stereocenters. The minimum Gasteiger partial charge on any atom is -0.452 e. The molecule has 0 spiro atoms. The predicted molar refractivity (Wildman–Crippen MR) is 85.8 cm³/mol. The summed E-state index contributed by atoms with van der Waals surface area (Å²) < 4.78 is 43.0. The number of carbonyl (C=O) groups excluding carboxylic acids is 2. The lowest BCUT2D eigenvalue weighted by molar-refractivity contribution is -0.152. The summed E-state index contributed by atoms with van der Waals surface area (Å²) in [5.74, 6) is -1.31. The number of anilines is 1. The van der Waals surface area contributed by atoms with Gasteiger partial charge in [0.25, 0.3) is 5.91 Å². The van der Waals surface area contributed by atoms with Crippen LogP contribution in [0, 0.1) is 0 Å². The van der Waals surface area contributed by atoms with Crippen molar-refractivity contribution in [2.24, 2.45) is 0 Å². The van der Waals surface area contributed by atoms with Crippen molar-refractivity contribution < 1.29 is 27.5 Å². The summed E-state index contributed by atoms with van der Waals surface area (Å²) in [7, 11) is 0. The van der Waals surface area contributed by atoms with Gasteiger partial charge < -0.3 is 10.1 Å². The van der Waals surface area contributed by atoms with Gasteiger partial charge in [0, 0.05) is 5.69 Å². The number of nitrogens with one attached hydrogen (secondary N) is 1. The molecule has 4 nitrogen and oxygen atoms in total. The molecular formula is C18H16F3NO3. The van der Waals surface area contributed by atoms with Crippen LogP contribution in [0.1, 0.15) is 18.1 Å². The van der Waals surface area contributed by atoms with E-state index in [-0.39, 0.29) is 12.0 Å². The summed E-state index contributed by atoms with van der Waals surface area (Å²) in [4.78, 5) is 23.8. The van der Waals surface area contributed by atoms with E-state index in [4.69, 9.17) is 4.74 Å². The second-order valence-electron chi connectivity index (χ2n) is 5.36. The summed E-state index contributed by atoms with van der Waals surface area (Å²) in [5, 5.41) is 2.57. The Morgan fingerprint density at radius 3 is 2.40 bits per heavy atom. The third kappa shape index (κ3) is 5.63. The van der Waals surface area contributed by atoms with Crippen LogP contribution < -0.4 is 5.32 Å². The lowest BCUT2D eigenvalue weighted by atomic mass is 10.1. The molecule has 25 heavy (non-hydrogen) atoms. The van der Waals surface area contributed by atoms with Gasteiger partial charge in [-0.25, -0.2) is 0 Å². The molecule has 0 fully saturated rings. The van der Waals surface area contributed by atoms with Gasteiger partial charge >= 0.3 is 12.1 Å². The van der Waals surface area contributed by atoms with Gasteiger partial charge in [0.2, 0.25) is 0 Å². The number of hydrogen-bond acceptors (Lipinski definition) is 3. The van der Waals surface area contributed by atoms with Crippen LogP contribution in [-0.4, -0.2) is 18.0 Å². The van der Waals surface area contributed by atoms with Crippen LogP contribution in [-0.2, 0) is 26.9 Å². The molecule has 0 radical (unpaired) electrons. The first-order valence-corrected chi connectivity index (χ1v) is 7.47. The van der Waals surface area contributed by atoms with E-state index in [1.54, 1.807) is 30.3 Å². The van der Waals surface area contributed by atoms with E-state index in [0.29, 0.717) is 5.69 Å². The molecule has 1 amide bonds. The van der Waals surface area contributed by atoms with Crippen LogP contribution in [0.25, 0.3) is 0 Å². The Morgan fingerprint density at radius 1 is 1.08 bits per heavy atom. The highest BCUT2D eigenvalue weighted by atomic mass is 19.4. The Morgan fingerprint density at radius 2 is 1.76 bits per heavy atom. The first-order chi connectivity index (χ1) is 11.8. The van der Waals surface area contributed by atoms with Crippen LogP contribution in [0.5, 0.6) is 0 Å². The third-order valence-electron chi connectivity index (χ3n) is 3.32. The van der Waals surface area contributed by atoms with Crippen LogP contribution in [0.15, 0.2) is 54.6 Å². The number of carbonyl (C=O) groups is 2. The van der Waals surface area contributed by atoms with Crippen molar-refractivity contribution in [3.05, 3.63) is 65.7 Å². The summed E-state index contributed by atoms with van der Waals surface area (Å²) in [6, 6.07) is 13.0. The molecule has 0 heterocycles. The average Bonchev–Trinajstić information content (AvgIpc) is 2.55. The standard InChI is InChI=1S/C18H16F3NO3/c1-12(17(24)22-15-8-3-2-4-9-15)25-16(23)11-13-6-5-7-14(10-13)18(19,20)21/h2-10,12H,11H2,1H3,(H,22,24). The Bertz CT molecular complexity index is 745. The van der Waals surface area contributed by atoms with Crippen LogP contribution >= 0.6 is 0 Å². The number of alkyl halides is 3. The van der Waals surface area contributed by atoms with Gasteiger partial charge in [-0.1, -0.05) is 36.4 Å². The first-order valence-electron chi connectivity index (χ1n) is 7.47. The Balaban J connectivity index is 1.92. The van der Waals surface area contributed by atoms with E-state index >= 15 is 0 Å². The Labute approximate surface area is 142 Å². The number of hydrogen-bond donors (Lipinski definition) is 1. The van der Waals surface area contributed by atoms with Crippen molar-refractivity contribution in [3.63, 3.8) is 0 Å². The van der Waals surface area contributed by atoms with Gasteiger partial charge in [0.1, 0.15) is 0 Å². The highest BCUT2D eigenvalue weighted by Gasteiger charge is 2.30. The molecule has 0 aliphatic carbocycles. The largest absolute Gasteiger partial charge is 0.452 e. The van der Waals surface area contributed by atoms with Crippen LogP contribution in [0.3, 0.4) is 0 Å². The molecule has 0 aliphatic rings. The highest BCUT2D eigenvalue weighted by molar-refractivity contribution is 5.95. The molecule has 0 aromatic heterocycles. The molecule has 0 saturated carbocycles. The van der Waals surface area contributed by atoms with Gasteiger partial charge in [0.15, 0.2) is 6.10 Å². The average molecular weight is 351 g/mol. The van der Waals surface area contributed by atoms with E-state index in [1.807, 2.05) is 0 Å². The van der Waals surface area contributed by atoms with Crippen molar-refractivity contribution in [2.45, 2.75) is 25.6 Å². The molecular weight excluding hydrogens is 335 g/mol. The fourth-order valence-electron chi connectivity index (χ4n) is 2.08. The van der Waals surface area contributed by atoms with Gasteiger partial charge in [-0.2, -0.15) is 13.2 Å². The topological polar surface area (TPSA) is 55.4 Å². The second-order valence-corrected chi connectivity index (χ2v) is 5.36. The molecule has 1 N–H and O–H groups in total. The highest BCUT2D eigenvalue weighted by Crippen LogP contribution is 2.29. The molecule has 1 atom stereocenters. The fourth-order valence-corrected chi connectivity index (χ4v) is 2.08. The van der Waals surface area contributed by atoms with Gasteiger partial charge in [-0.05, 0) is 30.7 Å². The first kappa shape index (κ1) is 18.5. The number of esters is 1. The maximum absolute atomic E-state index is 12.7. The minimum absolute atomic E-state index is 0.162. The Hall–Kier alpha value is -2.83. The van der Waals surface area contributed by atoms with Crippen molar-refractivity contribution >= 4 is 17.6 Å². The van der Waals surface area contributed by atoms with E-state index in [0.717, 1.165) is 12.1 Å². The quantitative estimate of drug-likeness (QED) is 0.833. The van der Waals surface area contributed by atoms with Crippen molar-refractivity contribution in [1.29, 1.82) is 0 Å². The van der Waals surface area contributed by atoms with E-state index in [9.17, 15) is 22.8 Å². The SMILES string of the molecule is CC(OC(=O)Cc1cccc(C(F)(F)F)c1)C(=O)Nc1ccccc1. The number of amides is 1. The molecule has 2 rings (SSSR count). The zero-order chi connectivity index (χ0) is 18.4. The van der Waals surface area contributed by atoms with Crippen LogP contribution in [0.2, 0.25) is 0 Å². The normalized spacial score (nSPS) is 12.3. The molecule has 7 heteroatoms. The maximum atomic E-state index is 12.7. The second kappa shape index (κ2) is 7.83. The van der Waals surface area contributed by atoms with Gasteiger partial charge in [-0.3, -0.25) is 9.59 Å². The summed E-state index contributed by atoms with van der Waals surface area (Å²) in [6.07, 6.45) is -5.91. The number of ether oxygens (including phenoxy) is 1. The zero-order valence-corrected chi connectivity index (χ0v) is 13.3. The molecule has 2 aromatic rings. The molecule has 132 valence electrons. The smallest absolute Gasteiger partial charge is 0.416 e. The molecule has 0 saturated heterocycles. The van der Waals surface area contributed by atoms with E-state index in [2.05, 4.69) is 5.32 Å². The summed E-state index contributed by atoms with van der Waals surface area (Å²) in [6.45, 7) is 1.39.